The lowest BCUT2D eigenvalue weighted by Gasteiger charge is -2.19. The second-order valence-corrected chi connectivity index (χ2v) is 8.22. The monoisotopic (exact) mass is 407 g/mol. The van der Waals surface area contributed by atoms with Gasteiger partial charge in [-0.05, 0) is 49.6 Å². The van der Waals surface area contributed by atoms with Crippen LogP contribution in [-0.2, 0) is 11.2 Å². The molecule has 150 valence electrons. The smallest absolute Gasteiger partial charge is 0.243 e. The van der Waals surface area contributed by atoms with Crippen molar-refractivity contribution in [3.63, 3.8) is 0 Å². The molecule has 0 saturated heterocycles. The Balaban J connectivity index is 1.44. The summed E-state index contributed by atoms with van der Waals surface area (Å²) in [6, 6.07) is 14.0. The standard InChI is InChI=1S/C23H25N3O2S/c1-3-12-28-22-7-5-4-6-19(22)25-23(27)14-26-11-10-18-13-17(8-9-21(18)26)20-15-29-16(2)24-20/h4-9,13,15H,3,10-12,14H2,1-2H3,(H,25,27). The minimum Gasteiger partial charge on any atom is -0.491 e. The third kappa shape index (κ3) is 4.43. The van der Waals surface area contributed by atoms with Crippen molar-refractivity contribution in [2.24, 2.45) is 0 Å². The SMILES string of the molecule is CCCOc1ccccc1NC(=O)CN1CCc2cc(-c3csc(C)n3)ccc21. The van der Waals surface area contributed by atoms with Crippen molar-refractivity contribution in [3.8, 4) is 17.0 Å². The molecular formula is C23H25N3O2S. The number of hydrogen-bond donors (Lipinski definition) is 1. The van der Waals surface area contributed by atoms with Gasteiger partial charge in [0, 0.05) is 23.2 Å². The van der Waals surface area contributed by atoms with Crippen LogP contribution in [0, 0.1) is 6.92 Å². The zero-order chi connectivity index (χ0) is 20.2. The highest BCUT2D eigenvalue weighted by atomic mass is 32.1. The summed E-state index contributed by atoms with van der Waals surface area (Å²) in [7, 11) is 0. The molecule has 5 nitrogen and oxygen atoms in total. The number of carbonyl (C=O) groups is 1. The Morgan fingerprint density at radius 1 is 1.28 bits per heavy atom. The van der Waals surface area contributed by atoms with Crippen molar-refractivity contribution in [1.82, 2.24) is 4.98 Å². The van der Waals surface area contributed by atoms with Crippen molar-refractivity contribution in [1.29, 1.82) is 0 Å². The molecule has 2 aromatic carbocycles. The van der Waals surface area contributed by atoms with Crippen LogP contribution in [0.5, 0.6) is 5.75 Å². The number of hydrogen-bond acceptors (Lipinski definition) is 5. The third-order valence-corrected chi connectivity index (χ3v) is 5.72. The van der Waals surface area contributed by atoms with E-state index >= 15 is 0 Å². The van der Waals surface area contributed by atoms with Crippen LogP contribution in [0.4, 0.5) is 11.4 Å². The number of amides is 1. The average Bonchev–Trinajstić information content (AvgIpc) is 3.33. The lowest BCUT2D eigenvalue weighted by atomic mass is 10.1. The highest BCUT2D eigenvalue weighted by Crippen LogP contribution is 2.33. The van der Waals surface area contributed by atoms with Gasteiger partial charge in [0.2, 0.25) is 5.91 Å². The van der Waals surface area contributed by atoms with E-state index in [4.69, 9.17) is 4.74 Å². The molecule has 1 aliphatic rings. The topological polar surface area (TPSA) is 54.5 Å². The molecule has 0 radical (unpaired) electrons. The largest absolute Gasteiger partial charge is 0.491 e. The molecule has 29 heavy (non-hydrogen) atoms. The van der Waals surface area contributed by atoms with Crippen molar-refractivity contribution >= 4 is 28.6 Å². The Morgan fingerprint density at radius 2 is 2.14 bits per heavy atom. The van der Waals surface area contributed by atoms with Crippen LogP contribution in [0.2, 0.25) is 0 Å². The Kier molecular flexibility index (Phi) is 5.81. The van der Waals surface area contributed by atoms with Crippen LogP contribution in [0.1, 0.15) is 23.9 Å². The zero-order valence-corrected chi connectivity index (χ0v) is 17.6. The summed E-state index contributed by atoms with van der Waals surface area (Å²) < 4.78 is 5.74. The molecule has 3 aromatic rings. The van der Waals surface area contributed by atoms with Crippen LogP contribution in [-0.4, -0.2) is 30.6 Å². The van der Waals surface area contributed by atoms with E-state index in [9.17, 15) is 4.79 Å². The molecular weight excluding hydrogens is 382 g/mol. The van der Waals surface area contributed by atoms with Gasteiger partial charge in [-0.25, -0.2) is 4.98 Å². The fourth-order valence-corrected chi connectivity index (χ4v) is 4.18. The summed E-state index contributed by atoms with van der Waals surface area (Å²) >= 11 is 1.66. The summed E-state index contributed by atoms with van der Waals surface area (Å²) in [5.74, 6) is 0.678. The summed E-state index contributed by atoms with van der Waals surface area (Å²) in [5, 5.41) is 6.17. The number of carbonyl (C=O) groups excluding carboxylic acids is 1. The highest BCUT2D eigenvalue weighted by molar-refractivity contribution is 7.09. The van der Waals surface area contributed by atoms with E-state index in [1.54, 1.807) is 11.3 Å². The molecule has 0 saturated carbocycles. The van der Waals surface area contributed by atoms with E-state index in [1.165, 1.54) is 5.56 Å². The van der Waals surface area contributed by atoms with Crippen LogP contribution in [0.25, 0.3) is 11.3 Å². The van der Waals surface area contributed by atoms with Crippen molar-refractivity contribution in [2.75, 3.05) is 29.9 Å². The molecule has 0 atom stereocenters. The minimum atomic E-state index is -0.0374. The Morgan fingerprint density at radius 3 is 2.93 bits per heavy atom. The molecule has 1 aromatic heterocycles. The lowest BCUT2D eigenvalue weighted by molar-refractivity contribution is -0.115. The average molecular weight is 408 g/mol. The number of aryl methyl sites for hydroxylation is 1. The van der Waals surface area contributed by atoms with Gasteiger partial charge in [-0.1, -0.05) is 25.1 Å². The molecule has 2 heterocycles. The van der Waals surface area contributed by atoms with Gasteiger partial charge in [0.15, 0.2) is 0 Å². The number of rotatable bonds is 7. The van der Waals surface area contributed by atoms with Crippen molar-refractivity contribution in [2.45, 2.75) is 26.7 Å². The van der Waals surface area contributed by atoms with Gasteiger partial charge in [-0.15, -0.1) is 11.3 Å². The predicted molar refractivity (Wildman–Crippen MR) is 119 cm³/mol. The van der Waals surface area contributed by atoms with Gasteiger partial charge >= 0.3 is 0 Å². The van der Waals surface area contributed by atoms with Crippen LogP contribution < -0.4 is 15.0 Å². The first-order valence-corrected chi connectivity index (χ1v) is 10.8. The molecule has 0 bridgehead atoms. The molecule has 0 fully saturated rings. The Labute approximate surface area is 175 Å². The third-order valence-electron chi connectivity index (χ3n) is 4.94. The Hall–Kier alpha value is -2.86. The lowest BCUT2D eigenvalue weighted by Crippen LogP contribution is -2.32. The fraction of sp³-hybridized carbons (Fsp3) is 0.304. The molecule has 6 heteroatoms. The number of benzene rings is 2. The van der Waals surface area contributed by atoms with Crippen LogP contribution >= 0.6 is 11.3 Å². The second-order valence-electron chi connectivity index (χ2n) is 7.16. The van der Waals surface area contributed by atoms with Crippen molar-refractivity contribution in [3.05, 3.63) is 58.4 Å². The molecule has 1 N–H and O–H groups in total. The Bertz CT molecular complexity index is 1010. The summed E-state index contributed by atoms with van der Waals surface area (Å²) in [6.45, 7) is 5.88. The summed E-state index contributed by atoms with van der Waals surface area (Å²) in [6.07, 6.45) is 1.87. The zero-order valence-electron chi connectivity index (χ0n) is 16.8. The molecule has 0 unspecified atom stereocenters. The first-order chi connectivity index (χ1) is 14.1. The van der Waals surface area contributed by atoms with Gasteiger partial charge in [0.05, 0.1) is 29.5 Å². The number of anilines is 2. The summed E-state index contributed by atoms with van der Waals surface area (Å²) in [4.78, 5) is 19.4. The molecule has 0 spiro atoms. The maximum absolute atomic E-state index is 12.7. The first-order valence-electron chi connectivity index (χ1n) is 9.96. The summed E-state index contributed by atoms with van der Waals surface area (Å²) in [5.41, 5.74) is 5.29. The molecule has 0 aliphatic carbocycles. The van der Waals surface area contributed by atoms with Gasteiger partial charge < -0.3 is 15.0 Å². The fourth-order valence-electron chi connectivity index (χ4n) is 3.56. The highest BCUT2D eigenvalue weighted by Gasteiger charge is 2.22. The van der Waals surface area contributed by atoms with E-state index in [1.807, 2.05) is 31.2 Å². The van der Waals surface area contributed by atoms with Crippen LogP contribution in [0.15, 0.2) is 47.8 Å². The molecule has 1 amide bonds. The van der Waals surface area contributed by atoms with E-state index in [2.05, 4.69) is 45.7 Å². The number of para-hydroxylation sites is 2. The number of ether oxygens (including phenoxy) is 1. The van der Waals surface area contributed by atoms with E-state index in [-0.39, 0.29) is 5.91 Å². The maximum Gasteiger partial charge on any atom is 0.243 e. The first kappa shape index (κ1) is 19.5. The number of thiazole rings is 1. The van der Waals surface area contributed by atoms with E-state index in [0.717, 1.165) is 47.0 Å². The van der Waals surface area contributed by atoms with E-state index < -0.39 is 0 Å². The van der Waals surface area contributed by atoms with Gasteiger partial charge in [0.25, 0.3) is 0 Å². The number of nitrogens with one attached hydrogen (secondary N) is 1. The molecule has 4 rings (SSSR count). The van der Waals surface area contributed by atoms with E-state index in [0.29, 0.717) is 18.9 Å². The maximum atomic E-state index is 12.7. The molecule has 1 aliphatic heterocycles. The van der Waals surface area contributed by atoms with Gasteiger partial charge in [0.1, 0.15) is 5.75 Å². The predicted octanol–water partition coefficient (Wildman–Crippen LogP) is 4.91. The number of aromatic nitrogens is 1. The second kappa shape index (κ2) is 8.66. The number of fused-ring (bicyclic) bond motifs is 1. The van der Waals surface area contributed by atoms with Crippen LogP contribution in [0.3, 0.4) is 0 Å². The minimum absolute atomic E-state index is 0.0374. The van der Waals surface area contributed by atoms with Crippen molar-refractivity contribution < 1.29 is 9.53 Å². The van der Waals surface area contributed by atoms with Gasteiger partial charge in [-0.3, -0.25) is 4.79 Å². The normalized spacial score (nSPS) is 12.7. The number of nitrogens with zero attached hydrogens (tertiary/aromatic N) is 2. The quantitative estimate of drug-likeness (QED) is 0.605. The van der Waals surface area contributed by atoms with Gasteiger partial charge in [-0.2, -0.15) is 0 Å².